The van der Waals surface area contributed by atoms with Gasteiger partial charge in [-0.3, -0.25) is 4.90 Å². The van der Waals surface area contributed by atoms with Gasteiger partial charge in [0.05, 0.1) is 0 Å². The number of rotatable bonds is 8. The van der Waals surface area contributed by atoms with Crippen molar-refractivity contribution in [3.63, 3.8) is 0 Å². The van der Waals surface area contributed by atoms with Crippen LogP contribution in [0, 0.1) is 0 Å². The normalized spacial score (nSPS) is 11.7. The molecule has 0 unspecified atom stereocenters. The summed E-state index contributed by atoms with van der Waals surface area (Å²) in [4.78, 5) is 14.4. The third kappa shape index (κ3) is 6.43. The Balaban J connectivity index is 1.66. The molecule has 0 aliphatic rings. The van der Waals surface area contributed by atoms with Crippen molar-refractivity contribution in [2.24, 2.45) is 0 Å². The molecule has 0 radical (unpaired) electrons. The average molecular weight is 484 g/mol. The smallest absolute Gasteiger partial charge is 0.444 e. The fourth-order valence-corrected chi connectivity index (χ4v) is 4.52. The zero-order valence-corrected chi connectivity index (χ0v) is 21.1. The molecule has 0 aliphatic heterocycles. The van der Waals surface area contributed by atoms with E-state index in [-0.39, 0.29) is 0 Å². The van der Waals surface area contributed by atoms with Crippen LogP contribution in [0.15, 0.2) is 78.9 Å². The number of nitrogens with one attached hydrogen (secondary N) is 1. The lowest BCUT2D eigenvalue weighted by Gasteiger charge is -2.26. The Morgan fingerprint density at radius 1 is 0.889 bits per heavy atom. The number of benzene rings is 4. The van der Waals surface area contributed by atoms with Crippen LogP contribution in [0.4, 0.5) is 4.79 Å². The number of nitrogens with zero attached hydrogens (tertiary/aromatic N) is 1. The van der Waals surface area contributed by atoms with Crippen LogP contribution in [-0.4, -0.2) is 46.9 Å². The Kier molecular flexibility index (Phi) is 7.94. The van der Waals surface area contributed by atoms with Crippen LogP contribution in [0.5, 0.6) is 0 Å². The molecule has 4 aromatic carbocycles. The predicted molar refractivity (Wildman–Crippen MR) is 146 cm³/mol. The van der Waals surface area contributed by atoms with Crippen molar-refractivity contribution in [2.45, 2.75) is 39.5 Å². The Morgan fingerprint density at radius 2 is 1.47 bits per heavy atom. The number of ether oxygens (including phenoxy) is 1. The van der Waals surface area contributed by atoms with Crippen molar-refractivity contribution < 1.29 is 19.6 Å². The Labute approximate surface area is 212 Å². The maximum Gasteiger partial charge on any atom is 0.488 e. The van der Waals surface area contributed by atoms with Crippen molar-refractivity contribution in [2.75, 3.05) is 13.1 Å². The van der Waals surface area contributed by atoms with Gasteiger partial charge >= 0.3 is 13.2 Å². The topological polar surface area (TPSA) is 82.0 Å². The second-order valence-corrected chi connectivity index (χ2v) is 10.0. The molecule has 0 aromatic heterocycles. The van der Waals surface area contributed by atoms with Crippen LogP contribution >= 0.6 is 0 Å². The number of carbonyl (C=O) groups excluding carboxylic acids is 1. The van der Waals surface area contributed by atoms with E-state index in [0.29, 0.717) is 31.6 Å². The average Bonchev–Trinajstić information content (AvgIpc) is 2.83. The lowest BCUT2D eigenvalue weighted by molar-refractivity contribution is 0.0521. The highest BCUT2D eigenvalue weighted by Crippen LogP contribution is 2.29. The molecule has 0 saturated carbocycles. The van der Waals surface area contributed by atoms with Crippen molar-refractivity contribution in [1.82, 2.24) is 10.2 Å². The van der Waals surface area contributed by atoms with E-state index in [9.17, 15) is 14.8 Å². The van der Waals surface area contributed by atoms with Gasteiger partial charge in [0, 0.05) is 26.2 Å². The summed E-state index contributed by atoms with van der Waals surface area (Å²) in [5, 5.41) is 27.4. The standard InChI is InChI=1S/C29H33BN2O4/c1-29(2,3)36-28(33)31-16-17-32(19-23-12-6-9-15-27(23)30(34)35)20-26-24-13-7-4-10-21(24)18-22-11-5-8-14-25(22)26/h4-15,18,34-35H,16-17,19-20H2,1-3H3,(H,31,33). The maximum absolute atomic E-state index is 12.2. The van der Waals surface area contributed by atoms with E-state index in [0.717, 1.165) is 5.56 Å². The molecule has 0 atom stereocenters. The number of fused-ring (bicyclic) bond motifs is 2. The first-order valence-electron chi connectivity index (χ1n) is 12.2. The third-order valence-electron chi connectivity index (χ3n) is 6.09. The molecule has 1 amide bonds. The molecule has 0 aliphatic carbocycles. The van der Waals surface area contributed by atoms with Gasteiger partial charge < -0.3 is 20.1 Å². The number of alkyl carbamates (subject to hydrolysis) is 1. The molecule has 0 heterocycles. The summed E-state index contributed by atoms with van der Waals surface area (Å²) < 4.78 is 5.39. The van der Waals surface area contributed by atoms with Gasteiger partial charge in [0.25, 0.3) is 0 Å². The van der Waals surface area contributed by atoms with Gasteiger partial charge in [-0.25, -0.2) is 4.79 Å². The minimum absolute atomic E-state index is 0.390. The largest absolute Gasteiger partial charge is 0.488 e. The third-order valence-corrected chi connectivity index (χ3v) is 6.09. The summed E-state index contributed by atoms with van der Waals surface area (Å²) in [5.41, 5.74) is 1.93. The molecule has 4 rings (SSSR count). The van der Waals surface area contributed by atoms with Crippen LogP contribution in [0.25, 0.3) is 21.5 Å². The lowest BCUT2D eigenvalue weighted by atomic mass is 9.77. The van der Waals surface area contributed by atoms with Crippen LogP contribution in [0.1, 0.15) is 31.9 Å². The number of amides is 1. The van der Waals surface area contributed by atoms with E-state index in [4.69, 9.17) is 4.74 Å². The molecule has 0 fully saturated rings. The van der Waals surface area contributed by atoms with Crippen LogP contribution in [-0.2, 0) is 17.8 Å². The van der Waals surface area contributed by atoms with Crippen LogP contribution < -0.4 is 10.8 Å². The first-order valence-corrected chi connectivity index (χ1v) is 12.2. The van der Waals surface area contributed by atoms with Gasteiger partial charge in [0.1, 0.15) is 5.60 Å². The zero-order chi connectivity index (χ0) is 25.7. The molecular weight excluding hydrogens is 451 g/mol. The van der Waals surface area contributed by atoms with E-state index < -0.39 is 18.8 Å². The lowest BCUT2D eigenvalue weighted by Crippen LogP contribution is -2.39. The molecule has 0 bridgehead atoms. The molecule has 0 spiro atoms. The summed E-state index contributed by atoms with van der Waals surface area (Å²) in [6.45, 7) is 7.55. The maximum atomic E-state index is 12.2. The highest BCUT2D eigenvalue weighted by molar-refractivity contribution is 6.59. The molecule has 0 saturated heterocycles. The van der Waals surface area contributed by atoms with Gasteiger partial charge in [-0.2, -0.15) is 0 Å². The monoisotopic (exact) mass is 484 g/mol. The summed E-state index contributed by atoms with van der Waals surface area (Å²) >= 11 is 0. The van der Waals surface area contributed by atoms with E-state index in [1.54, 1.807) is 12.1 Å². The number of hydrogen-bond acceptors (Lipinski definition) is 5. The summed E-state index contributed by atoms with van der Waals surface area (Å²) in [6, 6.07) is 26.2. The van der Waals surface area contributed by atoms with E-state index in [1.165, 1.54) is 27.1 Å². The highest BCUT2D eigenvalue weighted by atomic mass is 16.6. The van der Waals surface area contributed by atoms with Gasteiger partial charge in [0.2, 0.25) is 0 Å². The summed E-state index contributed by atoms with van der Waals surface area (Å²) in [7, 11) is -1.55. The summed E-state index contributed by atoms with van der Waals surface area (Å²) in [5.74, 6) is 0. The van der Waals surface area contributed by atoms with Gasteiger partial charge in [-0.15, -0.1) is 0 Å². The predicted octanol–water partition coefficient (Wildman–Crippen LogP) is 4.20. The van der Waals surface area contributed by atoms with Gasteiger partial charge in [-0.1, -0.05) is 72.8 Å². The minimum atomic E-state index is -1.55. The molecule has 4 aromatic rings. The number of hydrogen-bond donors (Lipinski definition) is 3. The molecule has 36 heavy (non-hydrogen) atoms. The quantitative estimate of drug-likeness (QED) is 0.258. The van der Waals surface area contributed by atoms with Crippen molar-refractivity contribution >= 4 is 40.2 Å². The Morgan fingerprint density at radius 3 is 2.08 bits per heavy atom. The van der Waals surface area contributed by atoms with Crippen molar-refractivity contribution in [3.8, 4) is 0 Å². The van der Waals surface area contributed by atoms with Gasteiger partial charge in [-0.05, 0) is 65.0 Å². The van der Waals surface area contributed by atoms with E-state index in [2.05, 4.69) is 40.5 Å². The second kappa shape index (κ2) is 11.1. The minimum Gasteiger partial charge on any atom is -0.444 e. The Bertz CT molecular complexity index is 1300. The van der Waals surface area contributed by atoms with Gasteiger partial charge in [0.15, 0.2) is 0 Å². The fourth-order valence-electron chi connectivity index (χ4n) is 4.52. The second-order valence-electron chi connectivity index (χ2n) is 10.0. The summed E-state index contributed by atoms with van der Waals surface area (Å²) in [6.07, 6.45) is -0.454. The number of carbonyl (C=O) groups is 1. The Hall–Kier alpha value is -3.39. The molecule has 6 nitrogen and oxygen atoms in total. The SMILES string of the molecule is CC(C)(C)OC(=O)NCCN(Cc1ccccc1B(O)O)Cc1c2ccccc2cc2ccccc12. The van der Waals surface area contributed by atoms with Crippen LogP contribution in [0.3, 0.4) is 0 Å². The fraction of sp³-hybridized carbons (Fsp3) is 0.276. The molecule has 7 heteroatoms. The highest BCUT2D eigenvalue weighted by Gasteiger charge is 2.20. The first kappa shape index (κ1) is 25.7. The molecule has 3 N–H and O–H groups in total. The van der Waals surface area contributed by atoms with E-state index >= 15 is 0 Å². The molecular formula is C29H33BN2O4. The van der Waals surface area contributed by atoms with Crippen molar-refractivity contribution in [1.29, 1.82) is 0 Å². The first-order chi connectivity index (χ1) is 17.2. The zero-order valence-electron chi connectivity index (χ0n) is 21.1. The van der Waals surface area contributed by atoms with Crippen molar-refractivity contribution in [3.05, 3.63) is 90.0 Å². The van der Waals surface area contributed by atoms with Crippen LogP contribution in [0.2, 0.25) is 0 Å². The van der Waals surface area contributed by atoms with E-state index in [1.807, 2.05) is 57.2 Å². The molecule has 186 valence electrons.